The zero-order valence-electron chi connectivity index (χ0n) is 15.8. The maximum atomic E-state index is 12.5. The molecule has 5 nitrogen and oxygen atoms in total. The van der Waals surface area contributed by atoms with Gasteiger partial charge < -0.3 is 10.2 Å². The molecule has 2 aromatic rings. The molecule has 2 atom stereocenters. The fourth-order valence-corrected chi connectivity index (χ4v) is 5.18. The van der Waals surface area contributed by atoms with Gasteiger partial charge in [0.05, 0.1) is 5.75 Å². The van der Waals surface area contributed by atoms with Gasteiger partial charge in [-0.25, -0.2) is 0 Å². The van der Waals surface area contributed by atoms with Crippen LogP contribution in [0.5, 0.6) is 0 Å². The Kier molecular flexibility index (Phi) is 6.19. The minimum atomic E-state index is 0.202. The molecule has 1 aliphatic heterocycles. The van der Waals surface area contributed by atoms with Crippen molar-refractivity contribution in [1.82, 2.24) is 15.1 Å². The highest BCUT2D eigenvalue weighted by Gasteiger charge is 2.25. The summed E-state index contributed by atoms with van der Waals surface area (Å²) in [5.74, 6) is 1.80. The predicted molar refractivity (Wildman–Crippen MR) is 109 cm³/mol. The molecular weight excluding hydrogens is 364 g/mol. The van der Waals surface area contributed by atoms with Crippen LogP contribution in [0.4, 0.5) is 10.8 Å². The van der Waals surface area contributed by atoms with Crippen LogP contribution in [0.25, 0.3) is 0 Å². The lowest BCUT2D eigenvalue weighted by Gasteiger charge is -2.34. The smallest absolute Gasteiger partial charge is 0.233 e. The monoisotopic (exact) mass is 390 g/mol. The number of rotatable bonds is 5. The van der Waals surface area contributed by atoms with Crippen LogP contribution in [-0.4, -0.2) is 39.8 Å². The molecule has 1 fully saturated rings. The van der Waals surface area contributed by atoms with E-state index in [4.69, 9.17) is 0 Å². The second-order valence-electron chi connectivity index (χ2n) is 7.30. The number of benzene rings is 1. The van der Waals surface area contributed by atoms with Gasteiger partial charge in [0.15, 0.2) is 4.34 Å². The van der Waals surface area contributed by atoms with Crippen molar-refractivity contribution in [2.75, 3.05) is 24.2 Å². The SMILES string of the molecule is Cc1cccc(C)c1Nc1nnc(SCC(=O)N2C[C@@H](C)C[C@H](C)C2)s1. The van der Waals surface area contributed by atoms with Crippen LogP contribution in [0.2, 0.25) is 0 Å². The Morgan fingerprint density at radius 1 is 1.23 bits per heavy atom. The molecule has 0 bridgehead atoms. The minimum absolute atomic E-state index is 0.202. The summed E-state index contributed by atoms with van der Waals surface area (Å²) in [5, 5.41) is 12.6. The highest BCUT2D eigenvalue weighted by molar-refractivity contribution is 8.01. The lowest BCUT2D eigenvalue weighted by molar-refractivity contribution is -0.130. The van der Waals surface area contributed by atoms with Crippen LogP contribution >= 0.6 is 23.1 Å². The molecule has 26 heavy (non-hydrogen) atoms. The van der Waals surface area contributed by atoms with Crippen molar-refractivity contribution in [3.63, 3.8) is 0 Å². The number of aromatic nitrogens is 2. The molecule has 7 heteroatoms. The number of carbonyl (C=O) groups excluding carboxylic acids is 1. The molecule has 1 aromatic heterocycles. The first kappa shape index (κ1) is 19.2. The Labute approximate surface area is 163 Å². The average Bonchev–Trinajstić information content (AvgIpc) is 3.03. The van der Waals surface area contributed by atoms with Gasteiger partial charge in [-0.3, -0.25) is 4.79 Å². The molecule has 0 saturated carbocycles. The van der Waals surface area contributed by atoms with Gasteiger partial charge in [0.2, 0.25) is 11.0 Å². The summed E-state index contributed by atoms with van der Waals surface area (Å²) in [6, 6.07) is 6.20. The summed E-state index contributed by atoms with van der Waals surface area (Å²) >= 11 is 2.97. The van der Waals surface area contributed by atoms with Gasteiger partial charge in [-0.2, -0.15) is 0 Å². The molecule has 0 radical (unpaired) electrons. The van der Waals surface area contributed by atoms with Crippen molar-refractivity contribution in [2.24, 2.45) is 11.8 Å². The Morgan fingerprint density at radius 3 is 2.54 bits per heavy atom. The quantitative estimate of drug-likeness (QED) is 0.762. The maximum Gasteiger partial charge on any atom is 0.233 e. The summed E-state index contributed by atoms with van der Waals surface area (Å²) < 4.78 is 0.824. The molecule has 3 rings (SSSR count). The minimum Gasteiger partial charge on any atom is -0.341 e. The number of nitrogens with zero attached hydrogens (tertiary/aromatic N) is 3. The third-order valence-electron chi connectivity index (χ3n) is 4.66. The molecule has 1 aromatic carbocycles. The molecular formula is C19H26N4OS2. The number of nitrogens with one attached hydrogen (secondary N) is 1. The fourth-order valence-electron chi connectivity index (χ4n) is 3.52. The number of hydrogen-bond donors (Lipinski definition) is 1. The summed E-state index contributed by atoms with van der Waals surface area (Å²) in [4.78, 5) is 14.5. The number of thioether (sulfide) groups is 1. The van der Waals surface area contributed by atoms with Crippen molar-refractivity contribution in [2.45, 2.75) is 38.5 Å². The third kappa shape index (κ3) is 4.76. The van der Waals surface area contributed by atoms with E-state index >= 15 is 0 Å². The Balaban J connectivity index is 1.56. The van der Waals surface area contributed by atoms with E-state index in [0.717, 1.165) is 28.2 Å². The Bertz CT molecular complexity index is 746. The van der Waals surface area contributed by atoms with Crippen molar-refractivity contribution in [1.29, 1.82) is 0 Å². The second-order valence-corrected chi connectivity index (χ2v) is 9.50. The molecule has 1 saturated heterocycles. The molecule has 1 aliphatic rings. The number of likely N-dealkylation sites (tertiary alicyclic amines) is 1. The summed E-state index contributed by atoms with van der Waals surface area (Å²) in [5.41, 5.74) is 3.43. The van der Waals surface area contributed by atoms with E-state index in [9.17, 15) is 4.79 Å². The first-order valence-corrected chi connectivity index (χ1v) is 10.8. The highest BCUT2D eigenvalue weighted by atomic mass is 32.2. The van der Waals surface area contributed by atoms with Gasteiger partial charge in [-0.15, -0.1) is 10.2 Å². The lowest BCUT2D eigenvalue weighted by Crippen LogP contribution is -2.43. The normalized spacial score (nSPS) is 20.2. The molecule has 140 valence electrons. The Morgan fingerprint density at radius 2 is 1.88 bits per heavy atom. The van der Waals surface area contributed by atoms with Gasteiger partial charge >= 0.3 is 0 Å². The molecule has 2 heterocycles. The van der Waals surface area contributed by atoms with Gasteiger partial charge in [-0.1, -0.05) is 55.1 Å². The van der Waals surface area contributed by atoms with Crippen LogP contribution in [-0.2, 0) is 4.79 Å². The zero-order chi connectivity index (χ0) is 18.7. The molecule has 0 spiro atoms. The van der Waals surface area contributed by atoms with Crippen LogP contribution in [0, 0.1) is 25.7 Å². The standard InChI is InChI=1S/C19H26N4OS2/c1-12-8-13(2)10-23(9-12)16(24)11-25-19-22-21-18(26-19)20-17-14(3)6-5-7-15(17)4/h5-7,12-13H,8-11H2,1-4H3,(H,20,21)/t12-,13-/m0/s1. The van der Waals surface area contributed by atoms with Crippen LogP contribution in [0.3, 0.4) is 0 Å². The molecule has 0 aliphatic carbocycles. The van der Waals surface area contributed by atoms with Crippen LogP contribution in [0.1, 0.15) is 31.4 Å². The topological polar surface area (TPSA) is 58.1 Å². The van der Waals surface area contributed by atoms with Crippen molar-refractivity contribution >= 4 is 39.8 Å². The fraction of sp³-hybridized carbons (Fsp3) is 0.526. The van der Waals surface area contributed by atoms with Gasteiger partial charge in [0.1, 0.15) is 0 Å². The highest BCUT2D eigenvalue weighted by Crippen LogP contribution is 2.30. The number of anilines is 2. The van der Waals surface area contributed by atoms with E-state index in [0.29, 0.717) is 17.6 Å². The van der Waals surface area contributed by atoms with Crippen LogP contribution < -0.4 is 5.32 Å². The zero-order valence-corrected chi connectivity index (χ0v) is 17.4. The Hall–Kier alpha value is -1.60. The third-order valence-corrected chi connectivity index (χ3v) is 6.62. The summed E-state index contributed by atoms with van der Waals surface area (Å²) in [7, 11) is 0. The maximum absolute atomic E-state index is 12.5. The summed E-state index contributed by atoms with van der Waals surface area (Å²) in [6.45, 7) is 10.3. The predicted octanol–water partition coefficient (Wildman–Crippen LogP) is 4.50. The van der Waals surface area contributed by atoms with E-state index in [1.165, 1.54) is 40.6 Å². The number of carbonyl (C=O) groups is 1. The second kappa shape index (κ2) is 8.39. The largest absolute Gasteiger partial charge is 0.341 e. The summed E-state index contributed by atoms with van der Waals surface area (Å²) in [6.07, 6.45) is 1.21. The number of aryl methyl sites for hydroxylation is 2. The van der Waals surface area contributed by atoms with Gasteiger partial charge in [-0.05, 0) is 43.2 Å². The van der Waals surface area contributed by atoms with E-state index in [1.807, 2.05) is 11.0 Å². The average molecular weight is 391 g/mol. The number of hydrogen-bond acceptors (Lipinski definition) is 6. The van der Waals surface area contributed by atoms with Crippen molar-refractivity contribution < 1.29 is 4.79 Å². The molecule has 0 unspecified atom stereocenters. The van der Waals surface area contributed by atoms with Gasteiger partial charge in [0.25, 0.3) is 0 Å². The first-order chi connectivity index (χ1) is 12.4. The number of piperidine rings is 1. The van der Waals surface area contributed by atoms with E-state index in [1.54, 1.807) is 0 Å². The lowest BCUT2D eigenvalue weighted by atomic mass is 9.92. The van der Waals surface area contributed by atoms with Crippen molar-refractivity contribution in [3.8, 4) is 0 Å². The van der Waals surface area contributed by atoms with E-state index in [2.05, 4.69) is 55.3 Å². The van der Waals surface area contributed by atoms with Gasteiger partial charge in [0, 0.05) is 18.8 Å². The van der Waals surface area contributed by atoms with Crippen molar-refractivity contribution in [3.05, 3.63) is 29.3 Å². The molecule has 1 N–H and O–H groups in total. The number of para-hydroxylation sites is 1. The van der Waals surface area contributed by atoms with E-state index < -0.39 is 0 Å². The molecule has 1 amide bonds. The van der Waals surface area contributed by atoms with E-state index in [-0.39, 0.29) is 5.91 Å². The van der Waals surface area contributed by atoms with Crippen LogP contribution in [0.15, 0.2) is 22.5 Å². The first-order valence-electron chi connectivity index (χ1n) is 8.99. The number of amides is 1.